The zero-order chi connectivity index (χ0) is 23.3. The van der Waals surface area contributed by atoms with Gasteiger partial charge in [-0.3, -0.25) is 14.4 Å². The van der Waals surface area contributed by atoms with Crippen molar-refractivity contribution < 1.29 is 27.1 Å². The van der Waals surface area contributed by atoms with E-state index in [4.69, 9.17) is 4.74 Å². The standard InChI is InChI=1S/C22H28F4N4O2/c1-3-30-13-19(16(2)27-30)12-28-7-9-29(10-8-28)20(31)18-6-4-5-17(11-18)14-32-15-22(25,26)21(23)24/h4-6,11,13,21H,3,7-10,12,14-15H2,1-2H3. The van der Waals surface area contributed by atoms with Crippen LogP contribution in [0.2, 0.25) is 0 Å². The maximum Gasteiger partial charge on any atom is 0.330 e. The van der Waals surface area contributed by atoms with E-state index in [0.717, 1.165) is 31.9 Å². The molecule has 3 rings (SSSR count). The molecule has 0 bridgehead atoms. The van der Waals surface area contributed by atoms with E-state index in [0.29, 0.717) is 24.2 Å². The molecule has 1 saturated heterocycles. The van der Waals surface area contributed by atoms with Crippen molar-refractivity contribution in [1.82, 2.24) is 19.6 Å². The molecule has 176 valence electrons. The third-order valence-corrected chi connectivity index (χ3v) is 5.48. The zero-order valence-corrected chi connectivity index (χ0v) is 18.2. The van der Waals surface area contributed by atoms with Gasteiger partial charge in [-0.15, -0.1) is 0 Å². The number of carbonyl (C=O) groups is 1. The van der Waals surface area contributed by atoms with Gasteiger partial charge in [-0.25, -0.2) is 8.78 Å². The minimum Gasteiger partial charge on any atom is -0.370 e. The highest BCUT2D eigenvalue weighted by molar-refractivity contribution is 5.94. The van der Waals surface area contributed by atoms with Gasteiger partial charge in [0.2, 0.25) is 0 Å². The average molecular weight is 456 g/mol. The molecule has 0 aliphatic carbocycles. The largest absolute Gasteiger partial charge is 0.370 e. The number of ether oxygens (including phenoxy) is 1. The lowest BCUT2D eigenvalue weighted by Crippen LogP contribution is -2.48. The number of piperazine rings is 1. The molecule has 32 heavy (non-hydrogen) atoms. The smallest absolute Gasteiger partial charge is 0.330 e. The van der Waals surface area contributed by atoms with Crippen LogP contribution >= 0.6 is 0 Å². The van der Waals surface area contributed by atoms with Crippen LogP contribution in [0.5, 0.6) is 0 Å². The summed E-state index contributed by atoms with van der Waals surface area (Å²) in [4.78, 5) is 16.9. The van der Waals surface area contributed by atoms with E-state index in [2.05, 4.69) is 16.2 Å². The second-order valence-corrected chi connectivity index (χ2v) is 7.92. The molecule has 2 heterocycles. The highest BCUT2D eigenvalue weighted by Gasteiger charge is 2.40. The van der Waals surface area contributed by atoms with Crippen LogP contribution in [-0.4, -0.2) is 70.6 Å². The Kier molecular flexibility index (Phi) is 7.89. The highest BCUT2D eigenvalue weighted by Crippen LogP contribution is 2.23. The van der Waals surface area contributed by atoms with E-state index >= 15 is 0 Å². The Hall–Kier alpha value is -2.46. The topological polar surface area (TPSA) is 50.6 Å². The van der Waals surface area contributed by atoms with E-state index in [1.54, 1.807) is 29.2 Å². The lowest BCUT2D eigenvalue weighted by atomic mass is 10.1. The first-order chi connectivity index (χ1) is 15.2. The second-order valence-electron chi connectivity index (χ2n) is 7.92. The molecule has 0 saturated carbocycles. The van der Waals surface area contributed by atoms with Gasteiger partial charge in [0.15, 0.2) is 0 Å². The number of alkyl halides is 4. The molecule has 1 amide bonds. The number of amides is 1. The van der Waals surface area contributed by atoms with Crippen molar-refractivity contribution in [2.24, 2.45) is 0 Å². The SMILES string of the molecule is CCn1cc(CN2CCN(C(=O)c3cccc(COCC(F)(F)C(F)F)c3)CC2)c(C)n1. The summed E-state index contributed by atoms with van der Waals surface area (Å²) < 4.78 is 57.0. The molecule has 1 fully saturated rings. The first-order valence-electron chi connectivity index (χ1n) is 10.6. The number of halogens is 4. The fourth-order valence-corrected chi connectivity index (χ4v) is 3.57. The lowest BCUT2D eigenvalue weighted by Gasteiger charge is -2.34. The summed E-state index contributed by atoms with van der Waals surface area (Å²) in [5.41, 5.74) is 3.08. The zero-order valence-electron chi connectivity index (χ0n) is 18.2. The number of aryl methyl sites for hydroxylation is 2. The third-order valence-electron chi connectivity index (χ3n) is 5.48. The average Bonchev–Trinajstić information content (AvgIpc) is 3.13. The van der Waals surface area contributed by atoms with Crippen molar-refractivity contribution >= 4 is 5.91 Å². The molecule has 0 spiro atoms. The quantitative estimate of drug-likeness (QED) is 0.542. The number of rotatable bonds is 9. The number of benzene rings is 1. The summed E-state index contributed by atoms with van der Waals surface area (Å²) in [6, 6.07) is 6.43. The predicted octanol–water partition coefficient (Wildman–Crippen LogP) is 3.59. The Morgan fingerprint density at radius 1 is 1.22 bits per heavy atom. The van der Waals surface area contributed by atoms with E-state index in [1.807, 2.05) is 18.5 Å². The van der Waals surface area contributed by atoms with Gasteiger partial charge in [0.25, 0.3) is 5.91 Å². The lowest BCUT2D eigenvalue weighted by molar-refractivity contribution is -0.168. The van der Waals surface area contributed by atoms with E-state index in [9.17, 15) is 22.4 Å². The Balaban J connectivity index is 1.51. The number of aromatic nitrogens is 2. The van der Waals surface area contributed by atoms with Crippen LogP contribution in [0.4, 0.5) is 17.6 Å². The van der Waals surface area contributed by atoms with Crippen molar-refractivity contribution in [1.29, 1.82) is 0 Å². The van der Waals surface area contributed by atoms with E-state index in [-0.39, 0.29) is 12.5 Å². The van der Waals surface area contributed by atoms with Gasteiger partial charge in [0.05, 0.1) is 12.3 Å². The first-order valence-corrected chi connectivity index (χ1v) is 10.6. The Morgan fingerprint density at radius 2 is 1.94 bits per heavy atom. The molecule has 6 nitrogen and oxygen atoms in total. The first kappa shape index (κ1) is 24.2. The molecule has 0 N–H and O–H groups in total. The van der Waals surface area contributed by atoms with Gasteiger partial charge in [-0.05, 0) is 31.5 Å². The summed E-state index contributed by atoms with van der Waals surface area (Å²) in [6.45, 7) is 6.59. The van der Waals surface area contributed by atoms with Crippen LogP contribution in [0.1, 0.15) is 34.1 Å². The highest BCUT2D eigenvalue weighted by atomic mass is 19.3. The maximum absolute atomic E-state index is 13.0. The Bertz CT molecular complexity index is 911. The predicted molar refractivity (Wildman–Crippen MR) is 111 cm³/mol. The molecule has 0 unspecified atom stereocenters. The van der Waals surface area contributed by atoms with Gasteiger partial charge in [0, 0.05) is 56.6 Å². The van der Waals surface area contributed by atoms with Crippen LogP contribution in [0.15, 0.2) is 30.5 Å². The van der Waals surface area contributed by atoms with Crippen molar-refractivity contribution in [3.8, 4) is 0 Å². The summed E-state index contributed by atoms with van der Waals surface area (Å²) in [7, 11) is 0. The fraction of sp³-hybridized carbons (Fsp3) is 0.545. The van der Waals surface area contributed by atoms with Crippen molar-refractivity contribution in [3.05, 3.63) is 52.8 Å². The minimum absolute atomic E-state index is 0.153. The van der Waals surface area contributed by atoms with Crippen molar-refractivity contribution in [2.45, 2.75) is 45.9 Å². The van der Waals surface area contributed by atoms with Gasteiger partial charge in [-0.1, -0.05) is 12.1 Å². The molecular formula is C22H28F4N4O2. The summed E-state index contributed by atoms with van der Waals surface area (Å²) in [5.74, 6) is -4.35. The summed E-state index contributed by atoms with van der Waals surface area (Å²) in [6.07, 6.45) is -1.72. The van der Waals surface area contributed by atoms with Gasteiger partial charge >= 0.3 is 12.3 Å². The van der Waals surface area contributed by atoms with Crippen LogP contribution in [0.25, 0.3) is 0 Å². The van der Waals surface area contributed by atoms with Gasteiger partial charge in [-0.2, -0.15) is 13.9 Å². The van der Waals surface area contributed by atoms with Crippen molar-refractivity contribution in [3.63, 3.8) is 0 Å². The van der Waals surface area contributed by atoms with Gasteiger partial charge < -0.3 is 9.64 Å². The van der Waals surface area contributed by atoms with Crippen LogP contribution in [0, 0.1) is 6.92 Å². The van der Waals surface area contributed by atoms with E-state index in [1.165, 1.54) is 5.56 Å². The molecule has 0 atom stereocenters. The van der Waals surface area contributed by atoms with Gasteiger partial charge in [0.1, 0.15) is 6.61 Å². The molecular weight excluding hydrogens is 428 g/mol. The van der Waals surface area contributed by atoms with Crippen LogP contribution in [-0.2, 0) is 24.4 Å². The summed E-state index contributed by atoms with van der Waals surface area (Å²) >= 11 is 0. The molecule has 0 radical (unpaired) electrons. The van der Waals surface area contributed by atoms with Crippen molar-refractivity contribution in [2.75, 3.05) is 32.8 Å². The molecule has 1 aromatic carbocycles. The minimum atomic E-state index is -4.19. The van der Waals surface area contributed by atoms with E-state index < -0.39 is 19.0 Å². The third kappa shape index (κ3) is 6.07. The normalized spacial score (nSPS) is 15.5. The Labute approximate surface area is 184 Å². The fourth-order valence-electron chi connectivity index (χ4n) is 3.57. The number of hydrogen-bond acceptors (Lipinski definition) is 4. The second kappa shape index (κ2) is 10.4. The van der Waals surface area contributed by atoms with Crippen LogP contribution < -0.4 is 0 Å². The number of hydrogen-bond donors (Lipinski definition) is 0. The number of nitrogens with zero attached hydrogens (tertiary/aromatic N) is 4. The molecule has 2 aromatic rings. The number of carbonyl (C=O) groups excluding carboxylic acids is 1. The molecule has 10 heteroatoms. The molecule has 1 aliphatic rings. The maximum atomic E-state index is 13.0. The summed E-state index contributed by atoms with van der Waals surface area (Å²) in [5, 5.41) is 4.47. The van der Waals surface area contributed by atoms with Crippen LogP contribution in [0.3, 0.4) is 0 Å². The molecule has 1 aromatic heterocycles. The molecule has 1 aliphatic heterocycles. The monoisotopic (exact) mass is 456 g/mol. The Morgan fingerprint density at radius 3 is 2.56 bits per heavy atom.